The summed E-state index contributed by atoms with van der Waals surface area (Å²) in [7, 11) is -10.3. The normalized spacial score (nSPS) is 19.6. The van der Waals surface area contributed by atoms with Crippen molar-refractivity contribution in [3.05, 3.63) is 165 Å². The van der Waals surface area contributed by atoms with E-state index in [1.54, 1.807) is 76.2 Å². The monoisotopic (exact) mass is 1820 g/mol. The van der Waals surface area contributed by atoms with Crippen molar-refractivity contribution in [1.82, 2.24) is 37.2 Å². The van der Waals surface area contributed by atoms with Gasteiger partial charge in [-0.25, -0.2) is 52.6 Å². The lowest BCUT2D eigenvalue weighted by Crippen LogP contribution is -2.45. The highest BCUT2D eigenvalue weighted by Gasteiger charge is 2.42. The van der Waals surface area contributed by atoms with Crippen LogP contribution in [0.2, 0.25) is 0 Å². The molecule has 0 aliphatic carbocycles. The molecule has 0 saturated carbocycles. The summed E-state index contributed by atoms with van der Waals surface area (Å²) in [5.74, 6) is 15.6. The number of fused-ring (bicyclic) bond motifs is 4. The Balaban J connectivity index is 0.000000155. The summed E-state index contributed by atoms with van der Waals surface area (Å²) < 4.78 is 156. The minimum atomic E-state index is -4.10. The minimum Gasteiger partial charge on any atom is -0.488 e. The minimum absolute atomic E-state index is 0.0118. The van der Waals surface area contributed by atoms with Gasteiger partial charge in [0.25, 0.3) is 23.6 Å². The Morgan fingerprint density at radius 1 is 0.375 bits per heavy atom. The van der Waals surface area contributed by atoms with Crippen molar-refractivity contribution in [1.29, 1.82) is 21.0 Å². The van der Waals surface area contributed by atoms with E-state index in [-0.39, 0.29) is 110 Å². The molecule has 3 fully saturated rings. The van der Waals surface area contributed by atoms with Gasteiger partial charge in [0.05, 0.1) is 128 Å². The lowest BCUT2D eigenvalue weighted by atomic mass is 10.1. The molecule has 4 amide bonds. The lowest BCUT2D eigenvalue weighted by Gasteiger charge is -2.21. The number of carbonyl (C=O) groups excluding carboxylic acids is 4. The van der Waals surface area contributed by atoms with Gasteiger partial charge in [0.2, 0.25) is 40.1 Å². The first kappa shape index (κ1) is 93.8. The van der Waals surface area contributed by atoms with Gasteiger partial charge in [0.1, 0.15) is 70.4 Å². The van der Waals surface area contributed by atoms with Crippen LogP contribution in [0.4, 0.5) is 22.7 Å². The fraction of sp³-hybridized carbons (Fsp3) is 0.341. The van der Waals surface area contributed by atoms with Gasteiger partial charge in [-0.1, -0.05) is 65.7 Å². The van der Waals surface area contributed by atoms with Crippen molar-refractivity contribution >= 4 is 86.5 Å². The third-order valence-electron chi connectivity index (χ3n) is 20.7. The SMILES string of the molecule is C#C[C@H](O)[C@H]1COc2c(cn(C)c2C(=O)Nc2ccc(C)c(C#N)c2)S(=O)(=O)N1.Cc1ccc(NC(=O)c2c3c(cn2C)S(=O)(=O)N[C@@H]([C@H](O)C#CC2COC2)CO3)cc1C#N.Cc1ccc(NC(=O)c2c3c(cn2C)S(=O)(=O)N[C@H]([C@@H](O)C#CC2COC2)CO3)cc1C#N.Cc1ccc(NC(=O)c2c3c(cn2C)S(=O)(=O)N[C@H]([C@H](O)C#CC2COC2)CO3)cc1C#N. The van der Waals surface area contributed by atoms with Crippen LogP contribution in [0.5, 0.6) is 23.0 Å². The molecule has 0 spiro atoms. The highest BCUT2D eigenvalue weighted by Crippen LogP contribution is 2.39. The van der Waals surface area contributed by atoms with E-state index in [1.165, 1.54) is 95.5 Å². The van der Waals surface area contributed by atoms with Crippen LogP contribution in [0.3, 0.4) is 0 Å². The van der Waals surface area contributed by atoms with E-state index < -0.39 is 112 Å². The van der Waals surface area contributed by atoms with E-state index in [0.29, 0.717) is 84.6 Å². The Morgan fingerprint density at radius 2 is 0.586 bits per heavy atom. The second-order valence-electron chi connectivity index (χ2n) is 30.2. The van der Waals surface area contributed by atoms with Gasteiger partial charge in [-0.2, -0.15) is 21.0 Å². The molecule has 3 saturated heterocycles. The van der Waals surface area contributed by atoms with Crippen LogP contribution in [0.1, 0.15) is 86.5 Å². The second-order valence-corrected chi connectivity index (χ2v) is 36.9. The summed E-state index contributed by atoms with van der Waals surface area (Å²) in [6.07, 6.45) is 4.94. The molecule has 666 valence electrons. The first-order chi connectivity index (χ1) is 60.7. The predicted octanol–water partition coefficient (Wildman–Crippen LogP) is 2.01. The van der Waals surface area contributed by atoms with Gasteiger partial charge in [-0.15, -0.1) is 6.42 Å². The highest BCUT2D eigenvalue weighted by molar-refractivity contribution is 7.90. The molecule has 8 aromatic rings. The number of nitrogens with zero attached hydrogens (tertiary/aromatic N) is 8. The van der Waals surface area contributed by atoms with E-state index in [0.717, 1.165) is 22.3 Å². The summed E-state index contributed by atoms with van der Waals surface area (Å²) in [4.78, 5) is 51.0. The molecule has 0 bridgehead atoms. The number of anilines is 4. The van der Waals surface area contributed by atoms with Crippen molar-refractivity contribution in [3.63, 3.8) is 0 Å². The molecule has 39 nitrogen and oxygen atoms in total. The quantitative estimate of drug-likeness (QED) is 0.0778. The second kappa shape index (κ2) is 39.3. The van der Waals surface area contributed by atoms with Crippen LogP contribution in [0, 0.1) is 139 Å². The Hall–Kier alpha value is -13.4. The smallest absolute Gasteiger partial charge is 0.276 e. The molecule has 7 aliphatic rings. The molecule has 15 rings (SSSR count). The first-order valence-electron chi connectivity index (χ1n) is 38.9. The maximum absolute atomic E-state index is 13.0. The van der Waals surface area contributed by atoms with Crippen LogP contribution in [-0.4, -0.2) is 211 Å². The number of amides is 4. The molecule has 7 aliphatic heterocycles. The maximum atomic E-state index is 13.0. The van der Waals surface area contributed by atoms with Crippen LogP contribution in [-0.2, 0) is 82.5 Å². The van der Waals surface area contributed by atoms with Gasteiger partial charge in [-0.05, 0) is 98.5 Å². The summed E-state index contributed by atoms with van der Waals surface area (Å²) in [6.45, 7) is 9.06. The molecule has 4 aromatic carbocycles. The zero-order chi connectivity index (χ0) is 92.6. The van der Waals surface area contributed by atoms with Crippen LogP contribution >= 0.6 is 0 Å². The number of rotatable bonds is 12. The molecule has 11 heterocycles. The zero-order valence-electron chi connectivity index (χ0n) is 69.5. The van der Waals surface area contributed by atoms with Crippen LogP contribution < -0.4 is 59.1 Å². The standard InChI is InChI=1S/3C22H22N4O6S.C19H18N4O5S/c3*1-13-3-5-16(7-15(13)8-23)24-22(28)20-21-19(9-26(20)2)33(29,30)25-17(12-32-21)18(27)6-4-14-10-31-11-14;1-4-15(24)14-10-28-18-16(29(26,27)22-14)9-23(3)17(18)19(25)21-13-6-5-11(2)12(7-13)8-20/h3*3,5,7,9,14,17-18,25,27H,10-12H2,1-2H3,(H,24,28);1,5-7,9,14-15,22,24H,10H2,2-3H3,(H,21,25)/t17-,18+;2*17-,18-;14-,15+/m0101/s1. The lowest BCUT2D eigenvalue weighted by molar-refractivity contribution is -0.00329. The number of carbonyl (C=O) groups is 4. The third-order valence-corrected chi connectivity index (χ3v) is 26.6. The predicted molar refractivity (Wildman–Crippen MR) is 455 cm³/mol. The van der Waals surface area contributed by atoms with Crippen LogP contribution in [0.15, 0.2) is 117 Å². The molecule has 12 N–H and O–H groups in total. The van der Waals surface area contributed by atoms with Crippen LogP contribution in [0.25, 0.3) is 0 Å². The number of hydrogen-bond donors (Lipinski definition) is 12. The van der Waals surface area contributed by atoms with E-state index >= 15 is 0 Å². The Kier molecular flexibility index (Phi) is 28.8. The highest BCUT2D eigenvalue weighted by atomic mass is 32.2. The maximum Gasteiger partial charge on any atom is 0.276 e. The van der Waals surface area contributed by atoms with Gasteiger partial charge >= 0.3 is 0 Å². The molecule has 8 atom stereocenters. The average Bonchev–Trinajstić information content (AvgIpc) is 1.63. The number of aliphatic hydroxyl groups is 4. The van der Waals surface area contributed by atoms with Crippen molar-refractivity contribution in [3.8, 4) is 95.1 Å². The molecular formula is C85H84N16O23S4. The van der Waals surface area contributed by atoms with E-state index in [9.17, 15) is 89.1 Å². The Labute approximate surface area is 736 Å². The average molecular weight is 1830 g/mol. The molecular weight excluding hydrogens is 1740 g/mol. The van der Waals surface area contributed by atoms with Crippen molar-refractivity contribution < 1.29 is 106 Å². The molecule has 0 unspecified atom stereocenters. The summed E-state index contributed by atoms with van der Waals surface area (Å²) in [6, 6.07) is 23.6. The van der Waals surface area contributed by atoms with Crippen molar-refractivity contribution in [2.24, 2.45) is 45.9 Å². The molecule has 128 heavy (non-hydrogen) atoms. The molecule has 43 heteroatoms. The molecule has 4 aromatic heterocycles. The van der Waals surface area contributed by atoms with Gasteiger partial charge < -0.3 is 93.1 Å². The number of ether oxygens (including phenoxy) is 7. The number of sulfonamides is 4. The van der Waals surface area contributed by atoms with E-state index in [2.05, 4.69) is 99.8 Å². The Morgan fingerprint density at radius 3 is 0.773 bits per heavy atom. The number of aryl methyl sites for hydroxylation is 8. The fourth-order valence-corrected chi connectivity index (χ4v) is 18.9. The third kappa shape index (κ3) is 21.1. The molecule has 0 radical (unpaired) electrons. The van der Waals surface area contributed by atoms with Crippen molar-refractivity contribution in [2.45, 2.75) is 95.9 Å². The Bertz CT molecular complexity index is 6210. The fourth-order valence-electron chi connectivity index (χ4n) is 13.2. The number of aliphatic hydroxyl groups excluding tert-OH is 4. The van der Waals surface area contributed by atoms with E-state index in [4.69, 9.17) is 44.8 Å². The number of hydrogen-bond acceptors (Lipinski definition) is 27. The summed E-state index contributed by atoms with van der Waals surface area (Å²) in [5.41, 5.74) is 6.16. The summed E-state index contributed by atoms with van der Waals surface area (Å²) in [5, 5.41) is 88.4. The number of benzene rings is 4. The van der Waals surface area contributed by atoms with Gasteiger partial charge in [-0.3, -0.25) is 19.2 Å². The topological polar surface area (TPSA) is 561 Å². The first-order valence-corrected chi connectivity index (χ1v) is 44.8. The van der Waals surface area contributed by atoms with Gasteiger partial charge in [0, 0.05) is 75.7 Å². The number of nitriles is 4. The van der Waals surface area contributed by atoms with Crippen molar-refractivity contribution in [2.75, 3.05) is 87.3 Å². The van der Waals surface area contributed by atoms with E-state index in [1.807, 2.05) is 6.07 Å². The summed E-state index contributed by atoms with van der Waals surface area (Å²) >= 11 is 0. The largest absolute Gasteiger partial charge is 0.488 e. The van der Waals surface area contributed by atoms with Gasteiger partial charge in [0.15, 0.2) is 45.8 Å². The zero-order valence-corrected chi connectivity index (χ0v) is 72.8. The number of nitrogens with one attached hydrogen (secondary N) is 8. The number of aromatic nitrogens is 4. The number of terminal acetylenes is 1.